The lowest BCUT2D eigenvalue weighted by atomic mass is 9.93. The van der Waals surface area contributed by atoms with Crippen molar-refractivity contribution in [1.82, 2.24) is 0 Å². The van der Waals surface area contributed by atoms with Gasteiger partial charge in [-0.05, 0) is 72.2 Å². The van der Waals surface area contributed by atoms with Gasteiger partial charge in [-0.15, -0.1) is 0 Å². The topological polar surface area (TPSA) is 74.6 Å². The number of rotatable bonds is 4. The van der Waals surface area contributed by atoms with Gasteiger partial charge in [0.05, 0.1) is 4.90 Å². The zero-order valence-electron chi connectivity index (χ0n) is 13.8. The molecule has 0 heterocycles. The Morgan fingerprint density at radius 2 is 1.61 bits per heavy atom. The van der Waals surface area contributed by atoms with Gasteiger partial charge in [-0.25, -0.2) is 0 Å². The number of phenols is 1. The van der Waals surface area contributed by atoms with Crippen molar-refractivity contribution in [3.8, 4) is 5.75 Å². The molecule has 0 aromatic heterocycles. The third-order valence-corrected chi connectivity index (χ3v) is 4.89. The van der Waals surface area contributed by atoms with Gasteiger partial charge in [0, 0.05) is 0 Å². The van der Waals surface area contributed by atoms with Crippen molar-refractivity contribution in [2.75, 3.05) is 0 Å². The van der Waals surface area contributed by atoms with E-state index in [9.17, 15) is 18.1 Å². The van der Waals surface area contributed by atoms with Crippen LogP contribution >= 0.6 is 0 Å². The maximum Gasteiger partial charge on any atom is 0.294 e. The number of phenolic OH excluding ortho intramolecular Hbond substituents is 1. The van der Waals surface area contributed by atoms with Crippen LogP contribution in [0.2, 0.25) is 0 Å². The quantitative estimate of drug-likeness (QED) is 0.830. The smallest absolute Gasteiger partial charge is 0.294 e. The Hall–Kier alpha value is -1.85. The fourth-order valence-electron chi connectivity index (χ4n) is 2.76. The predicted molar refractivity (Wildman–Crippen MR) is 90.7 cm³/mol. The minimum atomic E-state index is -4.19. The molecule has 0 aliphatic heterocycles. The number of aryl methyl sites for hydroxylation is 2. The fraction of sp³-hybridized carbons (Fsp3) is 0.333. The molecule has 2 rings (SSSR count). The zero-order chi connectivity index (χ0) is 17.4. The van der Waals surface area contributed by atoms with Gasteiger partial charge in [0.2, 0.25) is 0 Å². The molecule has 0 unspecified atom stereocenters. The van der Waals surface area contributed by atoms with E-state index in [-0.39, 0.29) is 10.8 Å². The van der Waals surface area contributed by atoms with Gasteiger partial charge in [0.15, 0.2) is 0 Å². The number of aromatic hydroxyl groups is 1. The Balaban J connectivity index is 2.43. The summed E-state index contributed by atoms with van der Waals surface area (Å²) in [5.74, 6) is 0.512. The molecule has 2 aromatic carbocycles. The van der Waals surface area contributed by atoms with Gasteiger partial charge < -0.3 is 5.11 Å². The lowest BCUT2D eigenvalue weighted by Crippen LogP contribution is -2.03. The van der Waals surface area contributed by atoms with Gasteiger partial charge in [0.25, 0.3) is 10.1 Å². The van der Waals surface area contributed by atoms with Gasteiger partial charge >= 0.3 is 0 Å². The Bertz CT molecular complexity index is 813. The minimum absolute atomic E-state index is 0.0789. The molecule has 2 N–H and O–H groups in total. The van der Waals surface area contributed by atoms with Crippen LogP contribution in [0.5, 0.6) is 5.75 Å². The molecule has 124 valence electrons. The molecule has 0 saturated carbocycles. The molecule has 0 aliphatic rings. The number of benzene rings is 2. The summed E-state index contributed by atoms with van der Waals surface area (Å²) in [5, 5.41) is 9.91. The first kappa shape index (κ1) is 17.5. The molecule has 0 amide bonds. The van der Waals surface area contributed by atoms with Crippen molar-refractivity contribution in [3.63, 3.8) is 0 Å². The third kappa shape index (κ3) is 3.92. The average Bonchev–Trinajstić information content (AvgIpc) is 2.43. The van der Waals surface area contributed by atoms with E-state index < -0.39 is 10.1 Å². The maximum atomic E-state index is 11.3. The highest BCUT2D eigenvalue weighted by atomic mass is 32.2. The summed E-state index contributed by atoms with van der Waals surface area (Å²) in [4.78, 5) is -0.0789. The van der Waals surface area contributed by atoms with E-state index in [2.05, 4.69) is 0 Å². The fourth-order valence-corrected chi connectivity index (χ4v) is 3.41. The molecule has 0 saturated heterocycles. The molecule has 4 nitrogen and oxygen atoms in total. The van der Waals surface area contributed by atoms with Crippen molar-refractivity contribution in [1.29, 1.82) is 0 Å². The van der Waals surface area contributed by atoms with Crippen molar-refractivity contribution in [2.45, 2.75) is 44.9 Å². The molecule has 2 aromatic rings. The summed E-state index contributed by atoms with van der Waals surface area (Å²) >= 11 is 0. The standard InChI is InChI=1S/C18H22O4S/c1-11(2)16-9-14(5-6-18(16)19)10-17-12(3)7-15(8-13(17)4)23(20,21)22/h5-9,11,19H,10H2,1-4H3,(H,20,21,22). The van der Waals surface area contributed by atoms with E-state index in [0.29, 0.717) is 12.2 Å². The van der Waals surface area contributed by atoms with Crippen LogP contribution in [0.25, 0.3) is 0 Å². The van der Waals surface area contributed by atoms with Gasteiger partial charge in [0.1, 0.15) is 5.75 Å². The van der Waals surface area contributed by atoms with Gasteiger partial charge in [-0.3, -0.25) is 4.55 Å². The van der Waals surface area contributed by atoms with Crippen LogP contribution in [0.15, 0.2) is 35.2 Å². The van der Waals surface area contributed by atoms with Crippen LogP contribution in [0, 0.1) is 13.8 Å². The Labute approximate surface area is 137 Å². The molecule has 23 heavy (non-hydrogen) atoms. The second-order valence-electron chi connectivity index (χ2n) is 6.24. The van der Waals surface area contributed by atoms with E-state index in [4.69, 9.17) is 0 Å². The molecular weight excluding hydrogens is 312 g/mol. The first-order chi connectivity index (χ1) is 10.6. The number of hydrogen-bond donors (Lipinski definition) is 2. The molecule has 0 fully saturated rings. The number of hydrogen-bond acceptors (Lipinski definition) is 3. The largest absolute Gasteiger partial charge is 0.508 e. The van der Waals surface area contributed by atoms with E-state index in [1.807, 2.05) is 39.8 Å². The van der Waals surface area contributed by atoms with E-state index >= 15 is 0 Å². The van der Waals surface area contributed by atoms with E-state index in [0.717, 1.165) is 27.8 Å². The normalized spacial score (nSPS) is 11.9. The van der Waals surface area contributed by atoms with Crippen LogP contribution < -0.4 is 0 Å². The second kappa shape index (κ2) is 6.34. The Morgan fingerprint density at radius 3 is 2.09 bits per heavy atom. The van der Waals surface area contributed by atoms with Crippen molar-refractivity contribution < 1.29 is 18.1 Å². The molecule has 0 radical (unpaired) electrons. The first-order valence-corrected chi connectivity index (χ1v) is 8.93. The van der Waals surface area contributed by atoms with Gasteiger partial charge in [-0.2, -0.15) is 8.42 Å². The van der Waals surface area contributed by atoms with Crippen LogP contribution in [-0.4, -0.2) is 18.1 Å². The lowest BCUT2D eigenvalue weighted by Gasteiger charge is -2.14. The van der Waals surface area contributed by atoms with Crippen LogP contribution in [0.1, 0.15) is 47.6 Å². The molecule has 5 heteroatoms. The zero-order valence-corrected chi connectivity index (χ0v) is 14.6. The highest BCUT2D eigenvalue weighted by Gasteiger charge is 2.15. The highest BCUT2D eigenvalue weighted by molar-refractivity contribution is 7.85. The van der Waals surface area contributed by atoms with Crippen molar-refractivity contribution in [2.24, 2.45) is 0 Å². The Morgan fingerprint density at radius 1 is 1.04 bits per heavy atom. The lowest BCUT2D eigenvalue weighted by molar-refractivity contribution is 0.464. The predicted octanol–water partition coefficient (Wildman–Crippen LogP) is 3.97. The average molecular weight is 334 g/mol. The molecule has 0 bridgehead atoms. The van der Waals surface area contributed by atoms with Crippen molar-refractivity contribution >= 4 is 10.1 Å². The first-order valence-electron chi connectivity index (χ1n) is 7.49. The van der Waals surface area contributed by atoms with Gasteiger partial charge in [-0.1, -0.05) is 26.0 Å². The van der Waals surface area contributed by atoms with Crippen LogP contribution in [0.3, 0.4) is 0 Å². The summed E-state index contributed by atoms with van der Waals surface area (Å²) < 4.78 is 31.8. The summed E-state index contributed by atoms with van der Waals surface area (Å²) in [6, 6.07) is 8.52. The molecular formula is C18H22O4S. The Kier molecular flexibility index (Phi) is 4.82. The van der Waals surface area contributed by atoms with Crippen LogP contribution in [-0.2, 0) is 16.5 Å². The summed E-state index contributed by atoms with van der Waals surface area (Å²) in [7, 11) is -4.19. The molecule has 0 aliphatic carbocycles. The monoisotopic (exact) mass is 334 g/mol. The molecule has 0 spiro atoms. The SMILES string of the molecule is Cc1cc(S(=O)(=O)O)cc(C)c1Cc1ccc(O)c(C(C)C)c1. The summed E-state index contributed by atoms with van der Waals surface area (Å²) in [5.41, 5.74) is 4.61. The van der Waals surface area contributed by atoms with E-state index in [1.54, 1.807) is 6.07 Å². The van der Waals surface area contributed by atoms with Crippen LogP contribution in [0.4, 0.5) is 0 Å². The summed E-state index contributed by atoms with van der Waals surface area (Å²) in [6.45, 7) is 7.72. The maximum absolute atomic E-state index is 11.3. The highest BCUT2D eigenvalue weighted by Crippen LogP contribution is 2.29. The second-order valence-corrected chi connectivity index (χ2v) is 7.66. The minimum Gasteiger partial charge on any atom is -0.508 e. The molecule has 0 atom stereocenters. The van der Waals surface area contributed by atoms with E-state index in [1.165, 1.54) is 12.1 Å². The van der Waals surface area contributed by atoms with Crippen molar-refractivity contribution in [3.05, 3.63) is 58.1 Å². The third-order valence-electron chi connectivity index (χ3n) is 4.06. The summed E-state index contributed by atoms with van der Waals surface area (Å²) in [6.07, 6.45) is 0.642.